The number of hydrogen-bond donors (Lipinski definition) is 0. The Balaban J connectivity index is 2.60. The fourth-order valence-electron chi connectivity index (χ4n) is 1.40. The van der Waals surface area contributed by atoms with Gasteiger partial charge in [-0.15, -0.1) is 11.3 Å². The molecule has 0 unspecified atom stereocenters. The van der Waals surface area contributed by atoms with E-state index in [9.17, 15) is 0 Å². The highest BCUT2D eigenvalue weighted by atomic mass is 32.1. The lowest BCUT2D eigenvalue weighted by molar-refractivity contribution is 0.410. The molecule has 1 nitrogen and oxygen atoms in total. The Hall–Kier alpha value is -0.370. The second-order valence-electron chi connectivity index (χ2n) is 5.57. The summed E-state index contributed by atoms with van der Waals surface area (Å²) in [6.07, 6.45) is 2.20. The molecule has 0 radical (unpaired) electrons. The van der Waals surface area contributed by atoms with Crippen LogP contribution in [-0.4, -0.2) is 4.98 Å². The van der Waals surface area contributed by atoms with Crippen molar-refractivity contribution in [3.8, 4) is 0 Å². The summed E-state index contributed by atoms with van der Waals surface area (Å²) >= 11 is 1.81. The molecule has 0 N–H and O–H groups in total. The Morgan fingerprint density at radius 3 is 2.50 bits per heavy atom. The van der Waals surface area contributed by atoms with Crippen molar-refractivity contribution in [3.05, 3.63) is 16.1 Å². The van der Waals surface area contributed by atoms with Gasteiger partial charge in [-0.05, 0) is 17.8 Å². The van der Waals surface area contributed by atoms with E-state index in [0.29, 0.717) is 11.3 Å². The van der Waals surface area contributed by atoms with E-state index in [0.717, 1.165) is 12.8 Å². The number of rotatable bonds is 3. The van der Waals surface area contributed by atoms with Crippen LogP contribution in [0.15, 0.2) is 5.38 Å². The summed E-state index contributed by atoms with van der Waals surface area (Å²) in [6, 6.07) is 0. The third-order valence-electron chi connectivity index (χ3n) is 1.90. The first-order valence-electron chi connectivity index (χ1n) is 5.30. The second-order valence-corrected chi connectivity index (χ2v) is 6.51. The second kappa shape index (κ2) is 4.43. The van der Waals surface area contributed by atoms with E-state index in [1.165, 1.54) is 10.7 Å². The highest BCUT2D eigenvalue weighted by molar-refractivity contribution is 7.09. The summed E-state index contributed by atoms with van der Waals surface area (Å²) in [6.45, 7) is 11.3. The molecular formula is C12H21NS. The van der Waals surface area contributed by atoms with Crippen LogP contribution in [0.1, 0.15) is 45.3 Å². The zero-order valence-corrected chi connectivity index (χ0v) is 10.7. The van der Waals surface area contributed by atoms with Gasteiger partial charge in [0.1, 0.15) is 0 Å². The molecule has 1 aromatic rings. The van der Waals surface area contributed by atoms with Crippen molar-refractivity contribution in [1.82, 2.24) is 4.98 Å². The minimum absolute atomic E-state index is 0.354. The Morgan fingerprint density at radius 2 is 2.00 bits per heavy atom. The van der Waals surface area contributed by atoms with Crippen molar-refractivity contribution < 1.29 is 0 Å². The van der Waals surface area contributed by atoms with Gasteiger partial charge in [-0.2, -0.15) is 0 Å². The quantitative estimate of drug-likeness (QED) is 0.738. The van der Waals surface area contributed by atoms with Gasteiger partial charge in [0.2, 0.25) is 0 Å². The molecular weight excluding hydrogens is 190 g/mol. The standard InChI is InChI=1S/C12H21NS/c1-9(2)6-10-8-14-11(13-10)7-12(3,4)5/h8-9H,6-7H2,1-5H3. The van der Waals surface area contributed by atoms with E-state index in [1.807, 2.05) is 11.3 Å². The molecule has 0 saturated carbocycles. The Morgan fingerprint density at radius 1 is 1.36 bits per heavy atom. The molecule has 0 atom stereocenters. The molecule has 1 aromatic heterocycles. The van der Waals surface area contributed by atoms with E-state index in [2.05, 4.69) is 45.0 Å². The molecule has 0 aliphatic rings. The lowest BCUT2D eigenvalue weighted by Gasteiger charge is -2.15. The summed E-state index contributed by atoms with van der Waals surface area (Å²) in [5, 5.41) is 3.49. The highest BCUT2D eigenvalue weighted by Gasteiger charge is 2.14. The van der Waals surface area contributed by atoms with Crippen LogP contribution in [-0.2, 0) is 12.8 Å². The first kappa shape index (κ1) is 11.7. The van der Waals surface area contributed by atoms with Gasteiger partial charge in [-0.3, -0.25) is 0 Å². The average molecular weight is 211 g/mol. The molecule has 1 heterocycles. The van der Waals surface area contributed by atoms with Crippen LogP contribution in [0, 0.1) is 11.3 Å². The van der Waals surface area contributed by atoms with Crippen molar-refractivity contribution in [1.29, 1.82) is 0 Å². The van der Waals surface area contributed by atoms with E-state index in [1.54, 1.807) is 0 Å². The molecule has 1 rings (SSSR count). The predicted octanol–water partition coefficient (Wildman–Crippen LogP) is 3.93. The largest absolute Gasteiger partial charge is 0.246 e. The van der Waals surface area contributed by atoms with E-state index in [4.69, 9.17) is 0 Å². The SMILES string of the molecule is CC(C)Cc1csc(CC(C)(C)C)n1. The van der Waals surface area contributed by atoms with Gasteiger partial charge in [0.15, 0.2) is 0 Å². The van der Waals surface area contributed by atoms with Crippen LogP contribution in [0.3, 0.4) is 0 Å². The first-order valence-corrected chi connectivity index (χ1v) is 6.18. The van der Waals surface area contributed by atoms with Crippen LogP contribution in [0.2, 0.25) is 0 Å². The molecule has 0 fully saturated rings. The van der Waals surface area contributed by atoms with E-state index >= 15 is 0 Å². The average Bonchev–Trinajstić information content (AvgIpc) is 2.30. The topological polar surface area (TPSA) is 12.9 Å². The maximum Gasteiger partial charge on any atom is 0.0933 e. The predicted molar refractivity (Wildman–Crippen MR) is 63.8 cm³/mol. The number of thiazole rings is 1. The van der Waals surface area contributed by atoms with Gasteiger partial charge < -0.3 is 0 Å². The molecule has 2 heteroatoms. The lowest BCUT2D eigenvalue weighted by atomic mass is 9.93. The minimum Gasteiger partial charge on any atom is -0.246 e. The molecule has 80 valence electrons. The Labute approximate surface area is 91.6 Å². The van der Waals surface area contributed by atoms with Crippen molar-refractivity contribution in [2.45, 2.75) is 47.5 Å². The van der Waals surface area contributed by atoms with Gasteiger partial charge in [-0.1, -0.05) is 34.6 Å². The molecule has 0 aliphatic carbocycles. The van der Waals surface area contributed by atoms with Crippen LogP contribution in [0.25, 0.3) is 0 Å². The van der Waals surface area contributed by atoms with Crippen molar-refractivity contribution in [2.24, 2.45) is 11.3 Å². The van der Waals surface area contributed by atoms with Crippen molar-refractivity contribution >= 4 is 11.3 Å². The van der Waals surface area contributed by atoms with Gasteiger partial charge in [0, 0.05) is 11.8 Å². The summed E-state index contributed by atoms with van der Waals surface area (Å²) in [5.41, 5.74) is 1.62. The fourth-order valence-corrected chi connectivity index (χ4v) is 2.50. The summed E-state index contributed by atoms with van der Waals surface area (Å²) in [4.78, 5) is 4.65. The van der Waals surface area contributed by atoms with Crippen LogP contribution < -0.4 is 0 Å². The maximum absolute atomic E-state index is 4.65. The zero-order chi connectivity index (χ0) is 10.8. The summed E-state index contributed by atoms with van der Waals surface area (Å²) < 4.78 is 0. The fraction of sp³-hybridized carbons (Fsp3) is 0.750. The Bertz CT molecular complexity index is 281. The normalized spacial score (nSPS) is 12.4. The lowest BCUT2D eigenvalue weighted by Crippen LogP contribution is -2.09. The van der Waals surface area contributed by atoms with Crippen LogP contribution in [0.5, 0.6) is 0 Å². The molecule has 0 amide bonds. The molecule has 0 aromatic carbocycles. The van der Waals surface area contributed by atoms with E-state index in [-0.39, 0.29) is 0 Å². The molecule has 0 saturated heterocycles. The molecule has 0 spiro atoms. The third kappa shape index (κ3) is 4.23. The molecule has 0 aliphatic heterocycles. The number of nitrogens with zero attached hydrogens (tertiary/aromatic N) is 1. The third-order valence-corrected chi connectivity index (χ3v) is 2.80. The number of aromatic nitrogens is 1. The van der Waals surface area contributed by atoms with Crippen LogP contribution in [0.4, 0.5) is 0 Å². The highest BCUT2D eigenvalue weighted by Crippen LogP contribution is 2.23. The summed E-state index contributed by atoms with van der Waals surface area (Å²) in [5.74, 6) is 0.708. The van der Waals surface area contributed by atoms with Gasteiger partial charge in [-0.25, -0.2) is 4.98 Å². The van der Waals surface area contributed by atoms with Crippen molar-refractivity contribution in [2.75, 3.05) is 0 Å². The van der Waals surface area contributed by atoms with Crippen LogP contribution >= 0.6 is 11.3 Å². The Kier molecular flexibility index (Phi) is 3.71. The number of hydrogen-bond acceptors (Lipinski definition) is 2. The summed E-state index contributed by atoms with van der Waals surface area (Å²) in [7, 11) is 0. The maximum atomic E-state index is 4.65. The van der Waals surface area contributed by atoms with E-state index < -0.39 is 0 Å². The van der Waals surface area contributed by atoms with Gasteiger partial charge in [0.05, 0.1) is 10.7 Å². The zero-order valence-electron chi connectivity index (χ0n) is 9.92. The smallest absolute Gasteiger partial charge is 0.0933 e. The van der Waals surface area contributed by atoms with Gasteiger partial charge in [0.25, 0.3) is 0 Å². The van der Waals surface area contributed by atoms with Gasteiger partial charge >= 0.3 is 0 Å². The van der Waals surface area contributed by atoms with Crippen molar-refractivity contribution in [3.63, 3.8) is 0 Å². The first-order chi connectivity index (χ1) is 6.37. The molecule has 0 bridgehead atoms. The monoisotopic (exact) mass is 211 g/mol. The molecule has 14 heavy (non-hydrogen) atoms. The minimum atomic E-state index is 0.354.